The molecule has 0 radical (unpaired) electrons. The number of nitrogens with zero attached hydrogens (tertiary/aromatic N) is 3. The molecule has 0 aliphatic carbocycles. The number of hydrogen-bond acceptors (Lipinski definition) is 4. The first-order valence-electron chi connectivity index (χ1n) is 6.05. The van der Waals surface area contributed by atoms with Crippen LogP contribution in [0.25, 0.3) is 27.0 Å². The SMILES string of the molecule is [C-]#[N+]c1ccc2occc2n1.[O-][n+]1cccc2occc21. The number of rotatable bonds is 0. The zero-order valence-electron chi connectivity index (χ0n) is 10.8. The molecule has 4 heterocycles. The molecule has 0 N–H and O–H groups in total. The van der Waals surface area contributed by atoms with Crippen LogP contribution in [0.2, 0.25) is 0 Å². The van der Waals surface area contributed by atoms with Gasteiger partial charge in [-0.05, 0) is 18.2 Å². The molecule has 0 aliphatic rings. The Kier molecular flexibility index (Phi) is 3.23. The van der Waals surface area contributed by atoms with Crippen molar-refractivity contribution in [1.29, 1.82) is 0 Å². The Labute approximate surface area is 119 Å². The zero-order valence-corrected chi connectivity index (χ0v) is 10.8. The highest BCUT2D eigenvalue weighted by Gasteiger charge is 2.03. The van der Waals surface area contributed by atoms with Crippen molar-refractivity contribution < 1.29 is 13.6 Å². The lowest BCUT2D eigenvalue weighted by atomic mass is 10.4. The fourth-order valence-corrected chi connectivity index (χ4v) is 1.81. The molecule has 0 fully saturated rings. The van der Waals surface area contributed by atoms with Crippen molar-refractivity contribution >= 4 is 28.0 Å². The Hall–Kier alpha value is -3.33. The van der Waals surface area contributed by atoms with Gasteiger partial charge in [0.05, 0.1) is 18.6 Å². The van der Waals surface area contributed by atoms with Gasteiger partial charge in [0.25, 0.3) is 11.3 Å². The van der Waals surface area contributed by atoms with Gasteiger partial charge in [-0.3, -0.25) is 0 Å². The predicted molar refractivity (Wildman–Crippen MR) is 75.4 cm³/mol. The molecule has 4 rings (SSSR count). The molecular formula is C15H9N3O3. The Morgan fingerprint density at radius 1 is 1.05 bits per heavy atom. The van der Waals surface area contributed by atoms with Crippen LogP contribution in [0.5, 0.6) is 0 Å². The number of fused-ring (bicyclic) bond motifs is 2. The highest BCUT2D eigenvalue weighted by molar-refractivity contribution is 5.74. The molecule has 4 aromatic rings. The quantitative estimate of drug-likeness (QED) is 0.281. The van der Waals surface area contributed by atoms with Gasteiger partial charge in [-0.15, -0.1) is 4.98 Å². The Bertz CT molecular complexity index is 934. The van der Waals surface area contributed by atoms with Crippen LogP contribution >= 0.6 is 0 Å². The van der Waals surface area contributed by atoms with Gasteiger partial charge in [0.2, 0.25) is 0 Å². The Morgan fingerprint density at radius 3 is 2.67 bits per heavy atom. The molecule has 0 saturated heterocycles. The van der Waals surface area contributed by atoms with Crippen LogP contribution in [0.4, 0.5) is 5.82 Å². The smallest absolute Gasteiger partial charge is 0.270 e. The molecule has 0 aliphatic heterocycles. The van der Waals surface area contributed by atoms with Crippen molar-refractivity contribution in [3.05, 3.63) is 71.7 Å². The van der Waals surface area contributed by atoms with Crippen LogP contribution < -0.4 is 4.73 Å². The van der Waals surface area contributed by atoms with E-state index < -0.39 is 0 Å². The fourth-order valence-electron chi connectivity index (χ4n) is 1.81. The molecule has 0 unspecified atom stereocenters. The standard InChI is InChI=1S/C8H4N2O.C7H5NO2/c1-9-8-3-2-7-6(10-8)4-5-11-7;9-8-4-1-2-7-6(8)3-5-10-7/h2-5H;1-5H. The number of pyridine rings is 2. The normalized spacial score (nSPS) is 10.0. The number of hydrogen-bond donors (Lipinski definition) is 0. The number of aromatic nitrogens is 2. The molecular weight excluding hydrogens is 270 g/mol. The van der Waals surface area contributed by atoms with Gasteiger partial charge >= 0.3 is 0 Å². The zero-order chi connectivity index (χ0) is 14.7. The lowest BCUT2D eigenvalue weighted by Gasteiger charge is -1.92. The van der Waals surface area contributed by atoms with Crippen LogP contribution in [0, 0.1) is 11.8 Å². The Morgan fingerprint density at radius 2 is 1.86 bits per heavy atom. The van der Waals surface area contributed by atoms with Crippen LogP contribution in [-0.2, 0) is 0 Å². The first-order valence-corrected chi connectivity index (χ1v) is 6.05. The predicted octanol–water partition coefficient (Wildman–Crippen LogP) is 3.44. The first-order chi connectivity index (χ1) is 10.3. The van der Waals surface area contributed by atoms with Crippen LogP contribution in [-0.4, -0.2) is 4.98 Å². The van der Waals surface area contributed by atoms with Crippen molar-refractivity contribution in [2.24, 2.45) is 0 Å². The summed E-state index contributed by atoms with van der Waals surface area (Å²) in [4.78, 5) is 7.20. The van der Waals surface area contributed by atoms with Crippen molar-refractivity contribution in [3.8, 4) is 0 Å². The summed E-state index contributed by atoms with van der Waals surface area (Å²) in [5.41, 5.74) is 2.65. The largest absolute Gasteiger partial charge is 0.618 e. The Balaban J connectivity index is 0.000000126. The minimum atomic E-state index is 0.402. The molecule has 6 heteroatoms. The monoisotopic (exact) mass is 279 g/mol. The second-order valence-corrected chi connectivity index (χ2v) is 4.09. The summed E-state index contributed by atoms with van der Waals surface area (Å²) in [5.74, 6) is 0.402. The summed E-state index contributed by atoms with van der Waals surface area (Å²) in [7, 11) is 0. The van der Waals surface area contributed by atoms with E-state index in [1.54, 1.807) is 42.7 Å². The summed E-state index contributed by atoms with van der Waals surface area (Å²) in [5, 5.41) is 10.9. The average Bonchev–Trinajstić information content (AvgIpc) is 3.16. The van der Waals surface area contributed by atoms with Crippen LogP contribution in [0.3, 0.4) is 0 Å². The van der Waals surface area contributed by atoms with E-state index in [9.17, 15) is 5.21 Å². The molecule has 0 bridgehead atoms. The van der Waals surface area contributed by atoms with Crippen molar-refractivity contribution in [2.45, 2.75) is 0 Å². The van der Waals surface area contributed by atoms with Gasteiger partial charge < -0.3 is 18.9 Å². The first kappa shape index (κ1) is 12.7. The van der Waals surface area contributed by atoms with Gasteiger partial charge in [0.1, 0.15) is 0 Å². The maximum atomic E-state index is 10.9. The molecule has 4 aromatic heterocycles. The van der Waals surface area contributed by atoms with E-state index in [1.165, 1.54) is 12.5 Å². The molecule has 0 saturated carbocycles. The van der Waals surface area contributed by atoms with E-state index >= 15 is 0 Å². The molecule has 0 aromatic carbocycles. The van der Waals surface area contributed by atoms with Crippen LogP contribution in [0.15, 0.2) is 64.0 Å². The highest BCUT2D eigenvalue weighted by atomic mass is 16.5. The maximum absolute atomic E-state index is 10.9. The second-order valence-electron chi connectivity index (χ2n) is 4.09. The van der Waals surface area contributed by atoms with Crippen molar-refractivity contribution in [2.75, 3.05) is 0 Å². The highest BCUT2D eigenvalue weighted by Crippen LogP contribution is 2.17. The van der Waals surface area contributed by atoms with Crippen LogP contribution in [0.1, 0.15) is 0 Å². The van der Waals surface area contributed by atoms with E-state index in [-0.39, 0.29) is 0 Å². The van der Waals surface area contributed by atoms with E-state index in [1.807, 2.05) is 0 Å². The van der Waals surface area contributed by atoms with E-state index in [0.29, 0.717) is 16.9 Å². The van der Waals surface area contributed by atoms with Gasteiger partial charge in [-0.1, -0.05) is 6.57 Å². The minimum Gasteiger partial charge on any atom is -0.618 e. The summed E-state index contributed by atoms with van der Waals surface area (Å²) >= 11 is 0. The van der Waals surface area contributed by atoms with Gasteiger partial charge in [0, 0.05) is 12.1 Å². The van der Waals surface area contributed by atoms with Crippen molar-refractivity contribution in [1.82, 2.24) is 4.98 Å². The second kappa shape index (κ2) is 5.35. The van der Waals surface area contributed by atoms with Gasteiger partial charge in [0.15, 0.2) is 22.9 Å². The summed E-state index contributed by atoms with van der Waals surface area (Å²) in [6.45, 7) is 6.70. The third-order valence-electron chi connectivity index (χ3n) is 2.79. The van der Waals surface area contributed by atoms with Crippen molar-refractivity contribution in [3.63, 3.8) is 0 Å². The lowest BCUT2D eigenvalue weighted by molar-refractivity contribution is -0.577. The van der Waals surface area contributed by atoms with E-state index in [2.05, 4.69) is 9.83 Å². The molecule has 0 atom stereocenters. The number of furan rings is 2. The third kappa shape index (κ3) is 2.53. The summed E-state index contributed by atoms with van der Waals surface area (Å²) < 4.78 is 10.8. The van der Waals surface area contributed by atoms with E-state index in [4.69, 9.17) is 15.4 Å². The fraction of sp³-hybridized carbons (Fsp3) is 0. The molecule has 6 nitrogen and oxygen atoms in total. The lowest BCUT2D eigenvalue weighted by Crippen LogP contribution is -2.24. The van der Waals surface area contributed by atoms with Gasteiger partial charge in [-0.2, -0.15) is 4.73 Å². The topological polar surface area (TPSA) is 70.5 Å². The minimum absolute atomic E-state index is 0.402. The average molecular weight is 279 g/mol. The molecule has 0 spiro atoms. The van der Waals surface area contributed by atoms with Gasteiger partial charge in [-0.25, -0.2) is 0 Å². The molecule has 0 amide bonds. The third-order valence-corrected chi connectivity index (χ3v) is 2.79. The van der Waals surface area contributed by atoms with E-state index in [0.717, 1.165) is 15.8 Å². The molecule has 102 valence electrons. The molecule has 21 heavy (non-hydrogen) atoms. The maximum Gasteiger partial charge on any atom is 0.270 e. The summed E-state index contributed by atoms with van der Waals surface area (Å²) in [6, 6.07) is 10.2. The summed E-state index contributed by atoms with van der Waals surface area (Å²) in [6.07, 6.45) is 4.50.